The molecular weight excluding hydrogens is 539 g/mol. The van der Waals surface area contributed by atoms with E-state index < -0.39 is 15.6 Å². The summed E-state index contributed by atoms with van der Waals surface area (Å²) in [5.41, 5.74) is 1.09. The van der Waals surface area contributed by atoms with Gasteiger partial charge in [-0.25, -0.2) is 18.1 Å². The zero-order valence-corrected chi connectivity index (χ0v) is 22.6. The van der Waals surface area contributed by atoms with E-state index in [2.05, 4.69) is 20.3 Å². The maximum atomic E-state index is 12.9. The number of benzene rings is 2. The number of hydrogen-bond donors (Lipinski definition) is 3. The van der Waals surface area contributed by atoms with Crippen LogP contribution in [0.2, 0.25) is 0 Å². The predicted molar refractivity (Wildman–Crippen MR) is 141 cm³/mol. The molecule has 0 fully saturated rings. The van der Waals surface area contributed by atoms with Gasteiger partial charge in [-0.05, 0) is 52.3 Å². The van der Waals surface area contributed by atoms with Crippen molar-refractivity contribution in [3.05, 3.63) is 59.7 Å². The zero-order chi connectivity index (χ0) is 22.9. The molecule has 0 aromatic heterocycles. The second kappa shape index (κ2) is 13.0. The zero-order valence-electron chi connectivity index (χ0n) is 19.4. The van der Waals surface area contributed by atoms with Crippen molar-refractivity contribution in [1.82, 2.24) is 15.4 Å². The Balaban J connectivity index is 0.00000512. The van der Waals surface area contributed by atoms with E-state index in [1.165, 1.54) is 0 Å². The van der Waals surface area contributed by atoms with E-state index in [0.29, 0.717) is 37.8 Å². The number of rotatable bonds is 9. The second-order valence-corrected chi connectivity index (χ2v) is 9.70. The maximum absolute atomic E-state index is 12.9. The molecule has 7 nitrogen and oxygen atoms in total. The minimum atomic E-state index is -3.64. The molecule has 178 valence electrons. The lowest BCUT2D eigenvalue weighted by molar-refractivity contribution is 0.336. The minimum Gasteiger partial charge on any atom is -0.494 e. The minimum absolute atomic E-state index is 0. The van der Waals surface area contributed by atoms with Crippen molar-refractivity contribution < 1.29 is 13.2 Å². The number of halogens is 1. The van der Waals surface area contributed by atoms with E-state index in [4.69, 9.17) is 4.74 Å². The summed E-state index contributed by atoms with van der Waals surface area (Å²) in [5, 5.41) is 6.44. The van der Waals surface area contributed by atoms with E-state index in [9.17, 15) is 8.42 Å². The average molecular weight is 575 g/mol. The Morgan fingerprint density at radius 2 is 1.59 bits per heavy atom. The van der Waals surface area contributed by atoms with E-state index in [1.807, 2.05) is 65.0 Å². The fraction of sp³-hybridized carbons (Fsp3) is 0.435. The van der Waals surface area contributed by atoms with Crippen LogP contribution in [0.1, 0.15) is 45.7 Å². The first kappa shape index (κ1) is 28.2. The molecule has 9 heteroatoms. The molecule has 0 saturated carbocycles. The molecule has 3 N–H and O–H groups in total. The molecule has 0 radical (unpaired) electrons. The third-order valence-electron chi connectivity index (χ3n) is 4.17. The van der Waals surface area contributed by atoms with Crippen molar-refractivity contribution in [1.29, 1.82) is 0 Å². The number of aliphatic imine (C=N–C) groups is 1. The first-order chi connectivity index (χ1) is 14.7. The Bertz CT molecular complexity index is 989. The Labute approximate surface area is 209 Å². The Morgan fingerprint density at radius 3 is 2.22 bits per heavy atom. The van der Waals surface area contributed by atoms with Gasteiger partial charge in [0.1, 0.15) is 5.75 Å². The smallest absolute Gasteiger partial charge is 0.241 e. The fourth-order valence-corrected chi connectivity index (χ4v) is 4.65. The predicted octanol–water partition coefficient (Wildman–Crippen LogP) is 4.04. The third-order valence-corrected chi connectivity index (χ3v) is 6.03. The molecule has 0 saturated heterocycles. The standard InChI is InChI=1S/C23H34N4O3S.HI/c1-6-24-22(25-16-18-12-8-10-14-20(18)30-7-2)26-17-19-13-9-11-15-21(19)31(28,29)27-23(3,4)5;/h8-15,27H,6-7,16-17H2,1-5H3,(H2,24,25,26);1H. The molecule has 0 bridgehead atoms. The van der Waals surface area contributed by atoms with Gasteiger partial charge in [-0.1, -0.05) is 36.4 Å². The van der Waals surface area contributed by atoms with E-state index in [1.54, 1.807) is 18.2 Å². The highest BCUT2D eigenvalue weighted by Gasteiger charge is 2.24. The largest absolute Gasteiger partial charge is 0.494 e. The lowest BCUT2D eigenvalue weighted by atomic mass is 10.1. The number of hydrogen-bond acceptors (Lipinski definition) is 4. The van der Waals surface area contributed by atoms with Gasteiger partial charge < -0.3 is 15.4 Å². The molecule has 0 aliphatic carbocycles. The molecule has 0 unspecified atom stereocenters. The van der Waals surface area contributed by atoms with Crippen LogP contribution in [0.5, 0.6) is 5.75 Å². The van der Waals surface area contributed by atoms with Crippen molar-refractivity contribution in [2.45, 2.75) is 58.1 Å². The van der Waals surface area contributed by atoms with Gasteiger partial charge in [0.05, 0.1) is 18.0 Å². The normalized spacial score (nSPS) is 12.1. The van der Waals surface area contributed by atoms with Crippen molar-refractivity contribution in [3.8, 4) is 5.75 Å². The van der Waals surface area contributed by atoms with Gasteiger partial charge in [-0.15, -0.1) is 24.0 Å². The van der Waals surface area contributed by atoms with Gasteiger partial charge in [-0.2, -0.15) is 0 Å². The number of ether oxygens (including phenoxy) is 1. The summed E-state index contributed by atoms with van der Waals surface area (Å²) in [6.45, 7) is 11.4. The van der Waals surface area contributed by atoms with Gasteiger partial charge in [0, 0.05) is 24.2 Å². The summed E-state index contributed by atoms with van der Waals surface area (Å²) >= 11 is 0. The average Bonchev–Trinajstić information content (AvgIpc) is 2.70. The number of sulfonamides is 1. The quantitative estimate of drug-likeness (QED) is 0.239. The van der Waals surface area contributed by atoms with Crippen molar-refractivity contribution in [3.63, 3.8) is 0 Å². The lowest BCUT2D eigenvalue weighted by Crippen LogP contribution is -2.41. The van der Waals surface area contributed by atoms with Crippen molar-refractivity contribution in [2.24, 2.45) is 4.99 Å². The van der Waals surface area contributed by atoms with Gasteiger partial charge in [0.15, 0.2) is 5.96 Å². The van der Waals surface area contributed by atoms with E-state index in [0.717, 1.165) is 11.3 Å². The van der Waals surface area contributed by atoms with Crippen LogP contribution >= 0.6 is 24.0 Å². The highest BCUT2D eigenvalue weighted by molar-refractivity contribution is 14.0. The fourth-order valence-electron chi connectivity index (χ4n) is 2.99. The number of guanidine groups is 1. The first-order valence-corrected chi connectivity index (χ1v) is 12.0. The highest BCUT2D eigenvalue weighted by Crippen LogP contribution is 2.19. The molecule has 0 heterocycles. The maximum Gasteiger partial charge on any atom is 0.241 e. The molecule has 2 aromatic carbocycles. The van der Waals surface area contributed by atoms with Crippen LogP contribution in [-0.4, -0.2) is 33.1 Å². The SMILES string of the molecule is CCNC(=NCc1ccccc1OCC)NCc1ccccc1S(=O)(=O)NC(C)(C)C.I. The molecule has 32 heavy (non-hydrogen) atoms. The number of nitrogens with zero attached hydrogens (tertiary/aromatic N) is 1. The summed E-state index contributed by atoms with van der Waals surface area (Å²) < 4.78 is 34.1. The van der Waals surface area contributed by atoms with Crippen LogP contribution in [-0.2, 0) is 23.1 Å². The highest BCUT2D eigenvalue weighted by atomic mass is 127. The summed E-state index contributed by atoms with van der Waals surface area (Å²) in [5.74, 6) is 1.42. The van der Waals surface area contributed by atoms with Crippen LogP contribution in [0.15, 0.2) is 58.4 Å². The van der Waals surface area contributed by atoms with Crippen LogP contribution in [0, 0.1) is 0 Å². The van der Waals surface area contributed by atoms with Crippen molar-refractivity contribution >= 4 is 40.0 Å². The Hall–Kier alpha value is -1.85. The van der Waals surface area contributed by atoms with Gasteiger partial charge in [0.2, 0.25) is 10.0 Å². The number of para-hydroxylation sites is 1. The monoisotopic (exact) mass is 574 g/mol. The Kier molecular flexibility index (Phi) is 11.5. The van der Waals surface area contributed by atoms with E-state index >= 15 is 0 Å². The van der Waals surface area contributed by atoms with E-state index in [-0.39, 0.29) is 28.9 Å². The molecule has 0 amide bonds. The molecule has 2 rings (SSSR count). The molecule has 0 aliphatic rings. The first-order valence-electron chi connectivity index (χ1n) is 10.5. The van der Waals surface area contributed by atoms with Gasteiger partial charge >= 0.3 is 0 Å². The van der Waals surface area contributed by atoms with Crippen LogP contribution in [0.3, 0.4) is 0 Å². The van der Waals surface area contributed by atoms with Crippen molar-refractivity contribution in [2.75, 3.05) is 13.2 Å². The topological polar surface area (TPSA) is 91.8 Å². The summed E-state index contributed by atoms with van der Waals surface area (Å²) in [4.78, 5) is 4.90. The third kappa shape index (κ3) is 8.95. The number of nitrogens with one attached hydrogen (secondary N) is 3. The summed E-state index contributed by atoms with van der Waals surface area (Å²) in [7, 11) is -3.64. The van der Waals surface area contributed by atoms with Crippen LogP contribution < -0.4 is 20.1 Å². The van der Waals surface area contributed by atoms with Crippen LogP contribution in [0.4, 0.5) is 0 Å². The molecule has 2 aromatic rings. The second-order valence-electron chi connectivity index (χ2n) is 8.05. The molecule has 0 atom stereocenters. The van der Waals surface area contributed by atoms with Gasteiger partial charge in [-0.3, -0.25) is 0 Å². The molecule has 0 aliphatic heterocycles. The lowest BCUT2D eigenvalue weighted by Gasteiger charge is -2.22. The Morgan fingerprint density at radius 1 is 0.969 bits per heavy atom. The van der Waals surface area contributed by atoms with Gasteiger partial charge in [0.25, 0.3) is 0 Å². The molecule has 0 spiro atoms. The van der Waals surface area contributed by atoms with Crippen LogP contribution in [0.25, 0.3) is 0 Å². The molecular formula is C23H35IN4O3S. The summed E-state index contributed by atoms with van der Waals surface area (Å²) in [6, 6.07) is 14.8. The summed E-state index contributed by atoms with van der Waals surface area (Å²) in [6.07, 6.45) is 0.